The van der Waals surface area contributed by atoms with E-state index in [-0.39, 0.29) is 11.2 Å². The molecule has 0 saturated carbocycles. The summed E-state index contributed by atoms with van der Waals surface area (Å²) >= 11 is 12.3. The van der Waals surface area contributed by atoms with Crippen molar-refractivity contribution in [2.24, 2.45) is 21.8 Å². The Morgan fingerprint density at radius 2 is 1.25 bits per heavy atom. The number of piperidine rings is 6. The van der Waals surface area contributed by atoms with Gasteiger partial charge in [-0.2, -0.15) is 0 Å². The molecule has 0 amide bonds. The van der Waals surface area contributed by atoms with Crippen LogP contribution in [-0.4, -0.2) is 95.1 Å². The monoisotopic (exact) mass is 682 g/mol. The summed E-state index contributed by atoms with van der Waals surface area (Å²) in [5.74, 6) is 3.01. The number of pyridine rings is 2. The Hall–Kier alpha value is -3.30. The van der Waals surface area contributed by atoms with Crippen LogP contribution in [0.1, 0.15) is 37.1 Å². The van der Waals surface area contributed by atoms with E-state index in [4.69, 9.17) is 42.7 Å². The highest BCUT2D eigenvalue weighted by Crippen LogP contribution is 2.42. The smallest absolute Gasteiger partial charge is 0.190 e. The molecule has 4 bridgehead atoms. The quantitative estimate of drug-likeness (QED) is 0.240. The summed E-state index contributed by atoms with van der Waals surface area (Å²) in [5.41, 5.74) is 1.84. The number of ether oxygens (including phenoxy) is 2. The first kappa shape index (κ1) is 30.7. The van der Waals surface area contributed by atoms with Gasteiger partial charge in [-0.1, -0.05) is 41.4 Å². The molecule has 2 spiro atoms. The lowest BCUT2D eigenvalue weighted by molar-refractivity contribution is -0.0838. The van der Waals surface area contributed by atoms with Crippen molar-refractivity contribution < 1.29 is 9.47 Å². The number of halogens is 2. The van der Waals surface area contributed by atoms with Crippen molar-refractivity contribution >= 4 is 56.5 Å². The van der Waals surface area contributed by atoms with Crippen LogP contribution in [0.4, 0.5) is 0 Å². The van der Waals surface area contributed by atoms with E-state index in [1.165, 1.54) is 51.9 Å². The zero-order valence-corrected chi connectivity index (χ0v) is 28.6. The second-order valence-corrected chi connectivity index (χ2v) is 15.4. The fourth-order valence-corrected chi connectivity index (χ4v) is 9.32. The van der Waals surface area contributed by atoms with E-state index < -0.39 is 0 Å². The van der Waals surface area contributed by atoms with Gasteiger partial charge in [0.15, 0.2) is 11.8 Å². The molecule has 8 aliphatic rings. The highest BCUT2D eigenvalue weighted by molar-refractivity contribution is 6.35. The topological polar surface area (TPSA) is 75.4 Å². The Morgan fingerprint density at radius 1 is 0.667 bits per heavy atom. The molecule has 12 rings (SSSR count). The molecule has 6 saturated heterocycles. The molecule has 248 valence electrons. The number of aromatic nitrogens is 2. The molecule has 6 fully saturated rings. The maximum Gasteiger partial charge on any atom is 0.190 e. The molecule has 2 atom stereocenters. The molecule has 0 N–H and O–H groups in total. The second kappa shape index (κ2) is 12.2. The van der Waals surface area contributed by atoms with Gasteiger partial charge in [-0.25, -0.2) is 0 Å². The summed E-state index contributed by atoms with van der Waals surface area (Å²) in [7, 11) is 0. The molecule has 10 heterocycles. The first-order chi connectivity index (χ1) is 23.4. The van der Waals surface area contributed by atoms with Crippen LogP contribution in [0.25, 0.3) is 21.5 Å². The average Bonchev–Trinajstić information content (AvgIpc) is 3.69. The molecule has 2 aromatic carbocycles. The number of hydrogen-bond acceptors (Lipinski definition) is 8. The lowest BCUT2D eigenvalue weighted by atomic mass is 9.75. The van der Waals surface area contributed by atoms with E-state index in [0.717, 1.165) is 81.0 Å². The molecule has 0 aliphatic carbocycles. The Kier molecular flexibility index (Phi) is 7.83. The first-order valence-corrected chi connectivity index (χ1v) is 18.1. The Labute approximate surface area is 291 Å². The number of aliphatic imine (C=N–C) groups is 2. The van der Waals surface area contributed by atoms with Crippen molar-refractivity contribution in [3.63, 3.8) is 0 Å². The Bertz CT molecular complexity index is 1930. The normalized spacial score (nSPS) is 31.5. The minimum absolute atomic E-state index is 0.0593. The molecule has 2 aromatic heterocycles. The molecule has 0 unspecified atom stereocenters. The third-order valence-electron chi connectivity index (χ3n) is 11.5. The van der Waals surface area contributed by atoms with E-state index in [2.05, 4.69) is 31.9 Å². The highest BCUT2D eigenvalue weighted by Gasteiger charge is 2.52. The van der Waals surface area contributed by atoms with Crippen molar-refractivity contribution in [3.8, 4) is 0 Å². The third-order valence-corrected chi connectivity index (χ3v) is 12.1. The van der Waals surface area contributed by atoms with E-state index in [0.29, 0.717) is 24.7 Å². The number of fused-ring (bicyclic) bond motifs is 6. The van der Waals surface area contributed by atoms with Crippen LogP contribution in [-0.2, 0) is 22.3 Å². The van der Waals surface area contributed by atoms with E-state index in [1.54, 1.807) is 0 Å². The van der Waals surface area contributed by atoms with Crippen LogP contribution in [0, 0.1) is 11.8 Å². The van der Waals surface area contributed by atoms with Crippen molar-refractivity contribution in [2.75, 3.05) is 52.4 Å². The van der Waals surface area contributed by atoms with Gasteiger partial charge in [0, 0.05) is 63.5 Å². The lowest BCUT2D eigenvalue weighted by Crippen LogP contribution is -2.60. The summed E-state index contributed by atoms with van der Waals surface area (Å²) in [4.78, 5) is 23.6. The molecule has 8 aliphatic heterocycles. The van der Waals surface area contributed by atoms with Gasteiger partial charge in [0.2, 0.25) is 0 Å². The van der Waals surface area contributed by atoms with Gasteiger partial charge in [0.1, 0.15) is 11.2 Å². The van der Waals surface area contributed by atoms with Crippen LogP contribution >= 0.6 is 23.2 Å². The summed E-state index contributed by atoms with van der Waals surface area (Å²) in [6.45, 7) is 8.56. The predicted octanol–water partition coefficient (Wildman–Crippen LogP) is 6.65. The van der Waals surface area contributed by atoms with Crippen LogP contribution in [0.15, 0.2) is 70.9 Å². The fraction of sp³-hybridized carbons (Fsp3) is 0.474. The number of rotatable bonds is 4. The molecule has 0 radical (unpaired) electrons. The number of nitrogens with zero attached hydrogens (tertiary/aromatic N) is 6. The number of hydrogen-bond donors (Lipinski definition) is 0. The maximum atomic E-state index is 6.41. The molecular weight excluding hydrogens is 643 g/mol. The van der Waals surface area contributed by atoms with Gasteiger partial charge in [0.05, 0.1) is 37.3 Å². The summed E-state index contributed by atoms with van der Waals surface area (Å²) < 4.78 is 12.8. The fourth-order valence-electron chi connectivity index (χ4n) is 8.90. The SMILES string of the molecule is Clc1ccc2cc(CC3=NC[C@@]4(CN5CCC4CC5)O3)ncc2c1.Clc1cccc2cnc(CC3=NC[C@@]4(CN5CCC4CC5)O3)cc12. The van der Waals surface area contributed by atoms with Gasteiger partial charge in [-0.3, -0.25) is 29.8 Å². The molecule has 8 nitrogen and oxygen atoms in total. The van der Waals surface area contributed by atoms with Gasteiger partial charge in [-0.15, -0.1) is 0 Å². The minimum Gasteiger partial charge on any atom is -0.471 e. The highest BCUT2D eigenvalue weighted by atomic mass is 35.5. The molecule has 10 heteroatoms. The van der Waals surface area contributed by atoms with Crippen LogP contribution < -0.4 is 0 Å². The molecular formula is C38H40Cl2N6O2. The van der Waals surface area contributed by atoms with Gasteiger partial charge >= 0.3 is 0 Å². The largest absolute Gasteiger partial charge is 0.471 e. The van der Waals surface area contributed by atoms with Crippen LogP contribution in [0.2, 0.25) is 10.0 Å². The summed E-state index contributed by atoms with van der Waals surface area (Å²) in [6, 6.07) is 16.0. The van der Waals surface area contributed by atoms with E-state index >= 15 is 0 Å². The van der Waals surface area contributed by atoms with E-state index in [9.17, 15) is 0 Å². The van der Waals surface area contributed by atoms with Gasteiger partial charge < -0.3 is 9.47 Å². The Morgan fingerprint density at radius 3 is 1.83 bits per heavy atom. The molecule has 48 heavy (non-hydrogen) atoms. The zero-order chi connectivity index (χ0) is 32.3. The average molecular weight is 684 g/mol. The zero-order valence-electron chi connectivity index (χ0n) is 27.1. The van der Waals surface area contributed by atoms with Gasteiger partial charge in [0.25, 0.3) is 0 Å². The second-order valence-electron chi connectivity index (χ2n) is 14.5. The van der Waals surface area contributed by atoms with Crippen molar-refractivity contribution in [3.05, 3.63) is 82.4 Å². The summed E-state index contributed by atoms with van der Waals surface area (Å²) in [6.07, 6.45) is 10.1. The summed E-state index contributed by atoms with van der Waals surface area (Å²) in [5, 5.41) is 5.83. The molecule has 4 aromatic rings. The first-order valence-electron chi connectivity index (χ1n) is 17.4. The van der Waals surface area contributed by atoms with Crippen molar-refractivity contribution in [2.45, 2.75) is 49.7 Å². The van der Waals surface area contributed by atoms with Crippen LogP contribution in [0.3, 0.4) is 0 Å². The maximum absolute atomic E-state index is 6.41. The Balaban J connectivity index is 0.000000131. The third kappa shape index (κ3) is 5.74. The predicted molar refractivity (Wildman–Crippen MR) is 191 cm³/mol. The van der Waals surface area contributed by atoms with Gasteiger partial charge in [-0.05, 0) is 87.6 Å². The van der Waals surface area contributed by atoms with Crippen LogP contribution in [0.5, 0.6) is 0 Å². The van der Waals surface area contributed by atoms with Crippen molar-refractivity contribution in [1.29, 1.82) is 0 Å². The lowest BCUT2D eigenvalue weighted by Gasteiger charge is -2.50. The number of benzene rings is 2. The minimum atomic E-state index is -0.0691. The standard InChI is InChI=1S/2C19H20ClN3O/c20-16-2-1-13-8-17(21-10-14(13)7-16)9-18-22-11-19(24-18)12-23-5-3-15(19)4-6-23;20-17-3-1-2-13-10-21-15(8-16(13)17)9-18-22-11-19(24-18)12-23-6-4-14(19)5-7-23/h1-2,7-8,10,15H,3-6,9,11-12H2;1-3,8,10,14H,4-7,9,11-12H2/t2*19-/m00/s1. The van der Waals surface area contributed by atoms with Crippen molar-refractivity contribution in [1.82, 2.24) is 19.8 Å². The van der Waals surface area contributed by atoms with E-state index in [1.807, 2.05) is 48.8 Å².